The van der Waals surface area contributed by atoms with E-state index in [1.807, 2.05) is 6.92 Å². The molecule has 1 nitrogen and oxygen atoms in total. The third-order valence-electron chi connectivity index (χ3n) is 3.34. The molecule has 2 heteroatoms. The Morgan fingerprint density at radius 1 is 1.31 bits per heavy atom. The van der Waals surface area contributed by atoms with E-state index in [0.717, 1.165) is 24.2 Å². The van der Waals surface area contributed by atoms with Crippen LogP contribution in [0.3, 0.4) is 0 Å². The van der Waals surface area contributed by atoms with Crippen LogP contribution >= 0.6 is 15.9 Å². The lowest BCUT2D eigenvalue weighted by Crippen LogP contribution is -2.05. The Morgan fingerprint density at radius 3 is 2.44 bits per heavy atom. The summed E-state index contributed by atoms with van der Waals surface area (Å²) in [6.45, 7) is 5.08. The molecule has 1 aromatic rings. The highest BCUT2D eigenvalue weighted by atomic mass is 79.9. The van der Waals surface area contributed by atoms with Gasteiger partial charge >= 0.3 is 0 Å². The molecule has 2 unspecified atom stereocenters. The summed E-state index contributed by atoms with van der Waals surface area (Å²) in [5, 5.41) is 0. The molecule has 0 saturated heterocycles. The van der Waals surface area contributed by atoms with Gasteiger partial charge in [-0.25, -0.2) is 0 Å². The van der Waals surface area contributed by atoms with Crippen molar-refractivity contribution < 1.29 is 4.74 Å². The smallest absolute Gasteiger partial charge is 0.119 e. The van der Waals surface area contributed by atoms with E-state index < -0.39 is 0 Å². The average molecular weight is 283 g/mol. The highest BCUT2D eigenvalue weighted by Gasteiger charge is 2.32. The van der Waals surface area contributed by atoms with Crippen molar-refractivity contribution in [2.45, 2.75) is 31.5 Å². The molecule has 16 heavy (non-hydrogen) atoms. The summed E-state index contributed by atoms with van der Waals surface area (Å²) < 4.78 is 5.45. The molecular formula is C14H19BrO. The molecule has 1 aliphatic carbocycles. The van der Waals surface area contributed by atoms with E-state index in [1.54, 1.807) is 0 Å². The van der Waals surface area contributed by atoms with Crippen molar-refractivity contribution in [3.8, 4) is 5.75 Å². The number of rotatable bonds is 5. The van der Waals surface area contributed by atoms with Crippen LogP contribution in [-0.4, -0.2) is 6.61 Å². The van der Waals surface area contributed by atoms with Gasteiger partial charge in [-0.15, -0.1) is 0 Å². The quantitative estimate of drug-likeness (QED) is 0.719. The van der Waals surface area contributed by atoms with E-state index in [-0.39, 0.29) is 0 Å². The van der Waals surface area contributed by atoms with Crippen LogP contribution in [0.1, 0.15) is 37.1 Å². The van der Waals surface area contributed by atoms with Crippen LogP contribution < -0.4 is 4.74 Å². The van der Waals surface area contributed by atoms with Crippen LogP contribution in [-0.2, 0) is 0 Å². The highest BCUT2D eigenvalue weighted by molar-refractivity contribution is 9.09. The number of alkyl halides is 1. The molecule has 1 aliphatic rings. The molecule has 0 radical (unpaired) electrons. The van der Waals surface area contributed by atoms with Gasteiger partial charge in [0.15, 0.2) is 0 Å². The topological polar surface area (TPSA) is 9.23 Å². The van der Waals surface area contributed by atoms with Gasteiger partial charge in [0, 0.05) is 4.83 Å². The SMILES string of the molecule is CCOc1ccc(C(Br)C(C)C2CC2)cc1. The summed E-state index contributed by atoms with van der Waals surface area (Å²) in [4.78, 5) is 0.482. The maximum Gasteiger partial charge on any atom is 0.119 e. The van der Waals surface area contributed by atoms with E-state index in [0.29, 0.717) is 4.83 Å². The molecule has 0 spiro atoms. The van der Waals surface area contributed by atoms with E-state index in [2.05, 4.69) is 47.1 Å². The minimum Gasteiger partial charge on any atom is -0.494 e. The molecule has 2 rings (SSSR count). The van der Waals surface area contributed by atoms with Gasteiger partial charge < -0.3 is 4.74 Å². The summed E-state index contributed by atoms with van der Waals surface area (Å²) in [7, 11) is 0. The summed E-state index contributed by atoms with van der Waals surface area (Å²) >= 11 is 3.81. The van der Waals surface area contributed by atoms with Crippen molar-refractivity contribution in [3.05, 3.63) is 29.8 Å². The molecule has 0 aliphatic heterocycles. The number of hydrogen-bond donors (Lipinski definition) is 0. The van der Waals surface area contributed by atoms with Crippen LogP contribution in [0.2, 0.25) is 0 Å². The summed E-state index contributed by atoms with van der Waals surface area (Å²) in [5.74, 6) is 2.62. The van der Waals surface area contributed by atoms with E-state index >= 15 is 0 Å². The lowest BCUT2D eigenvalue weighted by atomic mass is 9.96. The maximum atomic E-state index is 5.45. The number of ether oxygens (including phenoxy) is 1. The zero-order chi connectivity index (χ0) is 11.5. The van der Waals surface area contributed by atoms with Crippen LogP contribution in [0.5, 0.6) is 5.75 Å². The fourth-order valence-corrected chi connectivity index (χ4v) is 2.82. The maximum absolute atomic E-state index is 5.45. The minimum absolute atomic E-state index is 0.482. The molecule has 1 fully saturated rings. The van der Waals surface area contributed by atoms with Crippen molar-refractivity contribution in [2.75, 3.05) is 6.61 Å². The molecule has 88 valence electrons. The van der Waals surface area contributed by atoms with Crippen LogP contribution in [0.25, 0.3) is 0 Å². The first-order valence-corrected chi connectivity index (χ1v) is 7.00. The van der Waals surface area contributed by atoms with Gasteiger partial charge in [0.05, 0.1) is 6.61 Å². The Labute approximate surface area is 106 Å². The van der Waals surface area contributed by atoms with Gasteiger partial charge in [-0.1, -0.05) is 35.0 Å². The Balaban J connectivity index is 2.02. The van der Waals surface area contributed by atoms with Gasteiger partial charge in [0.2, 0.25) is 0 Å². The minimum atomic E-state index is 0.482. The Morgan fingerprint density at radius 2 is 1.94 bits per heavy atom. The second kappa shape index (κ2) is 5.22. The Bertz CT molecular complexity index is 329. The fraction of sp³-hybridized carbons (Fsp3) is 0.571. The molecule has 0 bridgehead atoms. The van der Waals surface area contributed by atoms with Crippen LogP contribution in [0.15, 0.2) is 24.3 Å². The first-order chi connectivity index (χ1) is 7.72. The first kappa shape index (κ1) is 12.0. The standard InChI is InChI=1S/C14H19BrO/c1-3-16-13-8-6-12(7-9-13)14(15)10(2)11-4-5-11/h6-11,14H,3-5H2,1-2H3. The number of hydrogen-bond acceptors (Lipinski definition) is 1. The molecule has 0 amide bonds. The van der Waals surface area contributed by atoms with Gasteiger partial charge in [0.1, 0.15) is 5.75 Å². The normalized spacial score (nSPS) is 19.2. The van der Waals surface area contributed by atoms with Gasteiger partial charge in [0.25, 0.3) is 0 Å². The largest absolute Gasteiger partial charge is 0.494 e. The third kappa shape index (κ3) is 2.79. The molecular weight excluding hydrogens is 264 g/mol. The van der Waals surface area contributed by atoms with Gasteiger partial charge in [-0.2, -0.15) is 0 Å². The second-order valence-electron chi connectivity index (χ2n) is 4.60. The number of benzene rings is 1. The molecule has 1 aromatic carbocycles. The number of halogens is 1. The molecule has 0 aromatic heterocycles. The van der Waals surface area contributed by atoms with Gasteiger partial charge in [-0.05, 0) is 49.3 Å². The van der Waals surface area contributed by atoms with Gasteiger partial charge in [-0.3, -0.25) is 0 Å². The second-order valence-corrected chi connectivity index (χ2v) is 5.59. The van der Waals surface area contributed by atoms with E-state index in [9.17, 15) is 0 Å². The average Bonchev–Trinajstić information content (AvgIpc) is 3.12. The monoisotopic (exact) mass is 282 g/mol. The lowest BCUT2D eigenvalue weighted by Gasteiger charge is -2.18. The predicted octanol–water partition coefficient (Wildman–Crippen LogP) is 4.57. The van der Waals surface area contributed by atoms with Crippen molar-refractivity contribution >= 4 is 15.9 Å². The van der Waals surface area contributed by atoms with Crippen LogP contribution in [0, 0.1) is 11.8 Å². The van der Waals surface area contributed by atoms with Crippen molar-refractivity contribution in [2.24, 2.45) is 11.8 Å². The van der Waals surface area contributed by atoms with Crippen LogP contribution in [0.4, 0.5) is 0 Å². The first-order valence-electron chi connectivity index (χ1n) is 6.09. The lowest BCUT2D eigenvalue weighted by molar-refractivity contribution is 0.340. The summed E-state index contributed by atoms with van der Waals surface area (Å²) in [6.07, 6.45) is 2.81. The fourth-order valence-electron chi connectivity index (χ4n) is 2.08. The third-order valence-corrected chi connectivity index (χ3v) is 4.70. The zero-order valence-corrected chi connectivity index (χ0v) is 11.5. The molecule has 2 atom stereocenters. The Kier molecular flexibility index (Phi) is 3.91. The van der Waals surface area contributed by atoms with Crippen molar-refractivity contribution in [1.82, 2.24) is 0 Å². The summed E-state index contributed by atoms with van der Waals surface area (Å²) in [6, 6.07) is 8.46. The van der Waals surface area contributed by atoms with Crippen molar-refractivity contribution in [3.63, 3.8) is 0 Å². The zero-order valence-electron chi connectivity index (χ0n) is 9.95. The summed E-state index contributed by atoms with van der Waals surface area (Å²) in [5.41, 5.74) is 1.36. The predicted molar refractivity (Wildman–Crippen MR) is 71.2 cm³/mol. The molecule has 0 heterocycles. The molecule has 1 saturated carbocycles. The van der Waals surface area contributed by atoms with Crippen molar-refractivity contribution in [1.29, 1.82) is 0 Å². The van der Waals surface area contributed by atoms with E-state index in [1.165, 1.54) is 18.4 Å². The Hall–Kier alpha value is -0.500. The molecule has 0 N–H and O–H groups in total. The van der Waals surface area contributed by atoms with E-state index in [4.69, 9.17) is 4.74 Å². The highest BCUT2D eigenvalue weighted by Crippen LogP contribution is 2.46.